The van der Waals surface area contributed by atoms with Crippen LogP contribution in [0.1, 0.15) is 40.3 Å². The molecule has 0 aliphatic carbocycles. The molecule has 0 saturated carbocycles. The maximum Gasteiger partial charge on any atom is 0.0671 e. The monoisotopic (exact) mass is 293 g/mol. The van der Waals surface area contributed by atoms with Crippen LogP contribution in [0.15, 0.2) is 30.3 Å². The van der Waals surface area contributed by atoms with Gasteiger partial charge in [0.25, 0.3) is 0 Å². The zero-order chi connectivity index (χ0) is 13.8. The third-order valence-corrected chi connectivity index (χ3v) is 4.74. The molecule has 1 unspecified atom stereocenters. The van der Waals surface area contributed by atoms with Crippen molar-refractivity contribution in [1.29, 1.82) is 0 Å². The van der Waals surface area contributed by atoms with Crippen molar-refractivity contribution < 1.29 is 0 Å². The van der Waals surface area contributed by atoms with Gasteiger partial charge < -0.3 is 5.32 Å². The number of halogens is 1. The molecule has 1 N–H and O–H groups in total. The summed E-state index contributed by atoms with van der Waals surface area (Å²) >= 11 is 7.85. The fourth-order valence-corrected chi connectivity index (χ4v) is 3.34. The van der Waals surface area contributed by atoms with Crippen LogP contribution in [0.4, 0.5) is 0 Å². The van der Waals surface area contributed by atoms with Crippen LogP contribution in [-0.2, 0) is 0 Å². The van der Waals surface area contributed by atoms with Crippen molar-refractivity contribution in [3.05, 3.63) is 56.2 Å². The third-order valence-electron chi connectivity index (χ3n) is 3.27. The van der Waals surface area contributed by atoms with E-state index in [0.29, 0.717) is 0 Å². The minimum atomic E-state index is 0.273. The van der Waals surface area contributed by atoms with Gasteiger partial charge in [0.2, 0.25) is 0 Å². The van der Waals surface area contributed by atoms with E-state index in [1.54, 1.807) is 0 Å². The number of nitrogens with one attached hydrogen (secondary N) is 1. The van der Waals surface area contributed by atoms with Gasteiger partial charge in [-0.1, -0.05) is 30.7 Å². The summed E-state index contributed by atoms with van der Waals surface area (Å²) in [5.41, 5.74) is 2.65. The Kier molecular flexibility index (Phi) is 5.03. The summed E-state index contributed by atoms with van der Waals surface area (Å²) in [6.45, 7) is 7.57. The van der Waals surface area contributed by atoms with E-state index >= 15 is 0 Å². The Morgan fingerprint density at radius 1 is 1.21 bits per heavy atom. The molecule has 0 saturated heterocycles. The molecule has 0 fully saturated rings. The van der Waals surface area contributed by atoms with Crippen molar-refractivity contribution in [2.24, 2.45) is 0 Å². The molecule has 0 radical (unpaired) electrons. The van der Waals surface area contributed by atoms with E-state index in [2.05, 4.69) is 44.3 Å². The van der Waals surface area contributed by atoms with Gasteiger partial charge in [-0.3, -0.25) is 0 Å². The molecule has 2 aromatic rings. The Hall–Kier alpha value is -0.830. The molecule has 1 aromatic heterocycles. The van der Waals surface area contributed by atoms with Crippen LogP contribution in [0.25, 0.3) is 0 Å². The highest BCUT2D eigenvalue weighted by atomic mass is 35.5. The first-order chi connectivity index (χ1) is 9.11. The second-order valence-electron chi connectivity index (χ2n) is 4.83. The number of thiophene rings is 1. The fraction of sp³-hybridized carbons (Fsp3) is 0.375. The lowest BCUT2D eigenvalue weighted by Gasteiger charge is -2.17. The summed E-state index contributed by atoms with van der Waals surface area (Å²) in [6.07, 6.45) is 1.13. The molecule has 0 spiro atoms. The SMILES string of the molecule is CCCNC(c1ccc(Cl)cc1)c1cc(C)c(C)s1. The van der Waals surface area contributed by atoms with Crippen LogP contribution < -0.4 is 5.32 Å². The molecule has 2 rings (SSSR count). The molecular weight excluding hydrogens is 274 g/mol. The van der Waals surface area contributed by atoms with Crippen LogP contribution in [0, 0.1) is 13.8 Å². The van der Waals surface area contributed by atoms with E-state index in [4.69, 9.17) is 11.6 Å². The predicted molar refractivity (Wildman–Crippen MR) is 85.4 cm³/mol. The van der Waals surface area contributed by atoms with Crippen LogP contribution in [-0.4, -0.2) is 6.54 Å². The Morgan fingerprint density at radius 3 is 2.42 bits per heavy atom. The highest BCUT2D eigenvalue weighted by Crippen LogP contribution is 2.31. The van der Waals surface area contributed by atoms with Gasteiger partial charge >= 0.3 is 0 Å². The molecule has 1 aromatic carbocycles. The highest BCUT2D eigenvalue weighted by molar-refractivity contribution is 7.12. The largest absolute Gasteiger partial charge is 0.306 e. The minimum Gasteiger partial charge on any atom is -0.306 e. The standard InChI is InChI=1S/C16H20ClNS/c1-4-9-18-16(13-5-7-14(17)8-6-13)15-10-11(2)12(3)19-15/h5-8,10,16,18H,4,9H2,1-3H3. The maximum atomic E-state index is 5.98. The molecule has 3 heteroatoms. The number of hydrogen-bond acceptors (Lipinski definition) is 2. The first-order valence-electron chi connectivity index (χ1n) is 6.67. The summed E-state index contributed by atoms with van der Waals surface area (Å²) < 4.78 is 0. The number of hydrogen-bond donors (Lipinski definition) is 1. The van der Waals surface area contributed by atoms with Crippen molar-refractivity contribution in [1.82, 2.24) is 5.32 Å². The molecule has 1 heterocycles. The summed E-state index contributed by atoms with van der Waals surface area (Å²) in [5, 5.41) is 4.42. The smallest absolute Gasteiger partial charge is 0.0671 e. The van der Waals surface area contributed by atoms with Crippen LogP contribution in [0.3, 0.4) is 0 Å². The molecule has 0 amide bonds. The zero-order valence-corrected chi connectivity index (χ0v) is 13.2. The Balaban J connectivity index is 2.32. The van der Waals surface area contributed by atoms with Crippen LogP contribution >= 0.6 is 22.9 Å². The van der Waals surface area contributed by atoms with Gasteiger partial charge in [-0.2, -0.15) is 0 Å². The molecule has 102 valence electrons. The topological polar surface area (TPSA) is 12.0 Å². The van der Waals surface area contributed by atoms with Gasteiger partial charge in [0.1, 0.15) is 0 Å². The Morgan fingerprint density at radius 2 is 1.89 bits per heavy atom. The Bertz CT molecular complexity index is 511. The van der Waals surface area contributed by atoms with Crippen molar-refractivity contribution in [2.45, 2.75) is 33.2 Å². The normalized spacial score (nSPS) is 12.6. The molecular formula is C16H20ClNS. The first-order valence-corrected chi connectivity index (χ1v) is 7.87. The zero-order valence-electron chi connectivity index (χ0n) is 11.7. The van der Waals surface area contributed by atoms with Gasteiger partial charge in [-0.05, 0) is 56.1 Å². The molecule has 1 atom stereocenters. The summed E-state index contributed by atoms with van der Waals surface area (Å²) in [5.74, 6) is 0. The maximum absolute atomic E-state index is 5.98. The van der Waals surface area contributed by atoms with E-state index in [1.807, 2.05) is 23.5 Å². The van der Waals surface area contributed by atoms with Crippen LogP contribution in [0.5, 0.6) is 0 Å². The van der Waals surface area contributed by atoms with E-state index < -0.39 is 0 Å². The number of aryl methyl sites for hydroxylation is 2. The third kappa shape index (κ3) is 3.59. The lowest BCUT2D eigenvalue weighted by atomic mass is 10.0. The van der Waals surface area contributed by atoms with Crippen LogP contribution in [0.2, 0.25) is 5.02 Å². The number of benzene rings is 1. The average Bonchev–Trinajstić information content (AvgIpc) is 2.72. The molecule has 1 nitrogen and oxygen atoms in total. The van der Waals surface area contributed by atoms with Gasteiger partial charge in [-0.15, -0.1) is 11.3 Å². The second kappa shape index (κ2) is 6.56. The van der Waals surface area contributed by atoms with E-state index in [0.717, 1.165) is 18.0 Å². The lowest BCUT2D eigenvalue weighted by Crippen LogP contribution is -2.22. The van der Waals surface area contributed by atoms with Gasteiger partial charge in [0.15, 0.2) is 0 Å². The van der Waals surface area contributed by atoms with Crippen molar-refractivity contribution in [2.75, 3.05) is 6.54 Å². The van der Waals surface area contributed by atoms with Crippen molar-refractivity contribution in [3.63, 3.8) is 0 Å². The van der Waals surface area contributed by atoms with E-state index in [-0.39, 0.29) is 6.04 Å². The molecule has 0 bridgehead atoms. The quantitative estimate of drug-likeness (QED) is 0.808. The van der Waals surface area contributed by atoms with E-state index in [9.17, 15) is 0 Å². The summed E-state index contributed by atoms with van der Waals surface area (Å²) in [6, 6.07) is 10.7. The van der Waals surface area contributed by atoms with Crippen molar-refractivity contribution in [3.8, 4) is 0 Å². The van der Waals surface area contributed by atoms with Gasteiger partial charge in [0.05, 0.1) is 6.04 Å². The molecule has 0 aliphatic rings. The molecule has 0 aliphatic heterocycles. The average molecular weight is 294 g/mol. The predicted octanol–water partition coefficient (Wildman–Crippen LogP) is 5.11. The van der Waals surface area contributed by atoms with Gasteiger partial charge in [0, 0.05) is 14.8 Å². The minimum absolute atomic E-state index is 0.273. The van der Waals surface area contributed by atoms with Gasteiger partial charge in [-0.25, -0.2) is 0 Å². The second-order valence-corrected chi connectivity index (χ2v) is 6.55. The fourth-order valence-electron chi connectivity index (χ4n) is 2.07. The first kappa shape index (κ1) is 14.6. The van der Waals surface area contributed by atoms with E-state index in [1.165, 1.54) is 20.9 Å². The molecule has 19 heavy (non-hydrogen) atoms. The lowest BCUT2D eigenvalue weighted by molar-refractivity contribution is 0.606. The summed E-state index contributed by atoms with van der Waals surface area (Å²) in [7, 11) is 0. The Labute approximate surface area is 124 Å². The number of rotatable bonds is 5. The van der Waals surface area contributed by atoms with Crippen molar-refractivity contribution >= 4 is 22.9 Å². The highest BCUT2D eigenvalue weighted by Gasteiger charge is 2.16. The summed E-state index contributed by atoms with van der Waals surface area (Å²) in [4.78, 5) is 2.78.